The van der Waals surface area contributed by atoms with E-state index in [4.69, 9.17) is 9.47 Å². The van der Waals surface area contributed by atoms with Crippen molar-refractivity contribution in [3.63, 3.8) is 0 Å². The first-order valence-electron chi connectivity index (χ1n) is 9.21. The largest absolute Gasteiger partial charge is 0.454 e. The summed E-state index contributed by atoms with van der Waals surface area (Å²) in [4.78, 5) is 37.7. The first-order chi connectivity index (χ1) is 12.9. The van der Waals surface area contributed by atoms with Crippen molar-refractivity contribution in [2.45, 2.75) is 45.7 Å². The summed E-state index contributed by atoms with van der Waals surface area (Å²) in [6.45, 7) is 5.13. The number of rotatable bonds is 8. The molecule has 2 aliphatic rings. The predicted molar refractivity (Wildman–Crippen MR) is 97.1 cm³/mol. The predicted octanol–water partition coefficient (Wildman–Crippen LogP) is 1.78. The molecule has 1 saturated heterocycles. The van der Waals surface area contributed by atoms with Crippen molar-refractivity contribution < 1.29 is 23.9 Å². The molecule has 2 aliphatic heterocycles. The van der Waals surface area contributed by atoms with E-state index in [1.807, 2.05) is 0 Å². The van der Waals surface area contributed by atoms with Gasteiger partial charge in [-0.25, -0.2) is 4.79 Å². The summed E-state index contributed by atoms with van der Waals surface area (Å²) < 4.78 is 10.6. The maximum atomic E-state index is 12.5. The number of hydrogen-bond acceptors (Lipinski definition) is 5. The van der Waals surface area contributed by atoms with Crippen molar-refractivity contribution in [1.82, 2.24) is 15.5 Å². The first kappa shape index (κ1) is 19.0. The molecule has 3 rings (SSSR count). The molecule has 1 fully saturated rings. The van der Waals surface area contributed by atoms with Crippen LogP contribution in [0.2, 0.25) is 0 Å². The number of fused-ring (bicyclic) bond motifs is 1. The van der Waals surface area contributed by atoms with Crippen LogP contribution in [0.15, 0.2) is 18.2 Å². The summed E-state index contributed by atoms with van der Waals surface area (Å²) in [6, 6.07) is 4.21. The van der Waals surface area contributed by atoms with E-state index in [9.17, 15) is 14.4 Å². The second-order valence-electron chi connectivity index (χ2n) is 7.19. The van der Waals surface area contributed by atoms with E-state index in [1.54, 1.807) is 18.2 Å². The lowest BCUT2D eigenvalue weighted by molar-refractivity contribution is -0.128. The Balaban J connectivity index is 1.50. The van der Waals surface area contributed by atoms with E-state index < -0.39 is 12.1 Å². The number of urea groups is 1. The number of nitrogens with zero attached hydrogens (tertiary/aromatic N) is 1. The zero-order valence-corrected chi connectivity index (χ0v) is 15.6. The number of carbonyl (C=O) groups excluding carboxylic acids is 3. The van der Waals surface area contributed by atoms with Crippen molar-refractivity contribution in [3.8, 4) is 11.5 Å². The quantitative estimate of drug-likeness (QED) is 0.675. The Labute approximate surface area is 158 Å². The minimum Gasteiger partial charge on any atom is -0.454 e. The van der Waals surface area contributed by atoms with Crippen LogP contribution in [0.3, 0.4) is 0 Å². The van der Waals surface area contributed by atoms with E-state index in [2.05, 4.69) is 24.5 Å². The average molecular weight is 375 g/mol. The van der Waals surface area contributed by atoms with E-state index in [1.165, 1.54) is 4.90 Å². The summed E-state index contributed by atoms with van der Waals surface area (Å²) in [5, 5.41) is 5.49. The molecule has 8 heteroatoms. The van der Waals surface area contributed by atoms with Crippen LogP contribution in [0.1, 0.15) is 38.7 Å². The smallest absolute Gasteiger partial charge is 0.325 e. The van der Waals surface area contributed by atoms with Gasteiger partial charge in [0.25, 0.3) is 5.91 Å². The molecule has 0 bridgehead atoms. The van der Waals surface area contributed by atoms with E-state index in [-0.39, 0.29) is 38.0 Å². The SMILES string of the molecule is CC(C)CCNC(=O)CC[C@@H]1NC(=O)N(Cc2ccc3c(c2)OCO3)C1=O. The van der Waals surface area contributed by atoms with Crippen LogP contribution < -0.4 is 20.1 Å². The molecule has 1 atom stereocenters. The first-order valence-corrected chi connectivity index (χ1v) is 9.21. The lowest BCUT2D eigenvalue weighted by atomic mass is 10.1. The number of benzene rings is 1. The van der Waals surface area contributed by atoms with Crippen LogP contribution in [0, 0.1) is 5.92 Å². The normalized spacial score (nSPS) is 18.2. The van der Waals surface area contributed by atoms with Crippen molar-refractivity contribution in [2.24, 2.45) is 5.92 Å². The van der Waals surface area contributed by atoms with Crippen molar-refractivity contribution >= 4 is 17.8 Å². The highest BCUT2D eigenvalue weighted by Crippen LogP contribution is 2.33. The fourth-order valence-corrected chi connectivity index (χ4v) is 3.01. The highest BCUT2D eigenvalue weighted by molar-refractivity contribution is 6.04. The Bertz CT molecular complexity index is 734. The van der Waals surface area contributed by atoms with E-state index >= 15 is 0 Å². The van der Waals surface area contributed by atoms with Crippen molar-refractivity contribution in [2.75, 3.05) is 13.3 Å². The Morgan fingerprint density at radius 1 is 1.30 bits per heavy atom. The molecule has 0 radical (unpaired) electrons. The van der Waals surface area contributed by atoms with Crippen LogP contribution in [0.5, 0.6) is 11.5 Å². The lowest BCUT2D eigenvalue weighted by Gasteiger charge is -2.13. The van der Waals surface area contributed by atoms with Gasteiger partial charge in [-0.1, -0.05) is 19.9 Å². The van der Waals surface area contributed by atoms with E-state index in [0.29, 0.717) is 24.0 Å². The van der Waals surface area contributed by atoms with Gasteiger partial charge in [-0.2, -0.15) is 0 Å². The van der Waals surface area contributed by atoms with Gasteiger partial charge < -0.3 is 20.1 Å². The molecule has 0 aliphatic carbocycles. The third-order valence-electron chi connectivity index (χ3n) is 4.59. The van der Waals surface area contributed by atoms with Crippen LogP contribution >= 0.6 is 0 Å². The van der Waals surface area contributed by atoms with Gasteiger partial charge >= 0.3 is 6.03 Å². The average Bonchev–Trinajstić information content (AvgIpc) is 3.19. The number of ether oxygens (including phenoxy) is 2. The number of imide groups is 1. The molecule has 27 heavy (non-hydrogen) atoms. The third-order valence-corrected chi connectivity index (χ3v) is 4.59. The van der Waals surface area contributed by atoms with Gasteiger partial charge in [0.05, 0.1) is 6.54 Å². The second kappa shape index (κ2) is 8.28. The van der Waals surface area contributed by atoms with Crippen LogP contribution in [0.25, 0.3) is 0 Å². The van der Waals surface area contributed by atoms with Gasteiger partial charge in [-0.15, -0.1) is 0 Å². The fraction of sp³-hybridized carbons (Fsp3) is 0.526. The topological polar surface area (TPSA) is 97.0 Å². The van der Waals surface area contributed by atoms with E-state index in [0.717, 1.165) is 12.0 Å². The van der Waals surface area contributed by atoms with Crippen molar-refractivity contribution in [3.05, 3.63) is 23.8 Å². The molecule has 8 nitrogen and oxygen atoms in total. The molecule has 146 valence electrons. The third kappa shape index (κ3) is 4.69. The van der Waals surface area contributed by atoms with Crippen molar-refractivity contribution in [1.29, 1.82) is 0 Å². The summed E-state index contributed by atoms with van der Waals surface area (Å²) >= 11 is 0. The zero-order chi connectivity index (χ0) is 19.4. The monoisotopic (exact) mass is 375 g/mol. The molecule has 0 saturated carbocycles. The van der Waals surface area contributed by atoms with Gasteiger partial charge in [0, 0.05) is 13.0 Å². The summed E-state index contributed by atoms with van der Waals surface area (Å²) in [7, 11) is 0. The number of amides is 4. The standard InChI is InChI=1S/C19H25N3O5/c1-12(2)7-8-20-17(23)6-4-14-18(24)22(19(25)21-14)10-13-3-5-15-16(9-13)27-11-26-15/h3,5,9,12,14H,4,6-8,10-11H2,1-2H3,(H,20,23)(H,21,25)/t14-/m0/s1. The minimum atomic E-state index is -0.664. The van der Waals surface area contributed by atoms with Gasteiger partial charge in [0.2, 0.25) is 12.7 Å². The highest BCUT2D eigenvalue weighted by atomic mass is 16.7. The lowest BCUT2D eigenvalue weighted by Crippen LogP contribution is -2.32. The Hall–Kier alpha value is -2.77. The molecule has 2 heterocycles. The second-order valence-corrected chi connectivity index (χ2v) is 7.19. The molecule has 1 aromatic carbocycles. The summed E-state index contributed by atoms with van der Waals surface area (Å²) in [5.41, 5.74) is 0.773. The summed E-state index contributed by atoms with van der Waals surface area (Å²) in [5.74, 6) is 1.36. The van der Waals surface area contributed by atoms with Crippen LogP contribution in [0.4, 0.5) is 4.79 Å². The molecule has 4 amide bonds. The fourth-order valence-electron chi connectivity index (χ4n) is 3.01. The zero-order valence-electron chi connectivity index (χ0n) is 15.6. The maximum absolute atomic E-state index is 12.5. The number of hydrogen-bond donors (Lipinski definition) is 2. The Morgan fingerprint density at radius 3 is 2.85 bits per heavy atom. The number of carbonyl (C=O) groups is 3. The Kier molecular flexibility index (Phi) is 5.83. The Morgan fingerprint density at radius 2 is 2.07 bits per heavy atom. The van der Waals surface area contributed by atoms with Crippen LogP contribution in [-0.4, -0.2) is 42.1 Å². The molecule has 0 spiro atoms. The molecule has 0 aromatic heterocycles. The molecule has 0 unspecified atom stereocenters. The molecule has 1 aromatic rings. The van der Waals surface area contributed by atoms with Gasteiger partial charge in [-0.05, 0) is 36.5 Å². The molecule has 2 N–H and O–H groups in total. The maximum Gasteiger partial charge on any atom is 0.325 e. The number of nitrogens with one attached hydrogen (secondary N) is 2. The molecular weight excluding hydrogens is 350 g/mol. The minimum absolute atomic E-state index is 0.105. The highest BCUT2D eigenvalue weighted by Gasteiger charge is 2.37. The molecular formula is C19H25N3O5. The van der Waals surface area contributed by atoms with Crippen LogP contribution in [-0.2, 0) is 16.1 Å². The summed E-state index contributed by atoms with van der Waals surface area (Å²) in [6.07, 6.45) is 1.40. The van der Waals surface area contributed by atoms with Gasteiger partial charge in [0.15, 0.2) is 11.5 Å². The van der Waals surface area contributed by atoms with Gasteiger partial charge in [0.1, 0.15) is 6.04 Å². The van der Waals surface area contributed by atoms with Gasteiger partial charge in [-0.3, -0.25) is 14.5 Å².